The number of aryl methyl sites for hydroxylation is 1. The van der Waals surface area contributed by atoms with E-state index in [2.05, 4.69) is 20.3 Å². The average Bonchev–Trinajstić information content (AvgIpc) is 2.89. The first-order chi connectivity index (χ1) is 18.5. The summed E-state index contributed by atoms with van der Waals surface area (Å²) in [5.41, 5.74) is 7.86. The number of carbonyl (C=O) groups is 1. The lowest BCUT2D eigenvalue weighted by atomic mass is 9.91. The van der Waals surface area contributed by atoms with Gasteiger partial charge in [0.15, 0.2) is 0 Å². The van der Waals surface area contributed by atoms with Gasteiger partial charge in [-0.2, -0.15) is 13.2 Å². The van der Waals surface area contributed by atoms with E-state index in [1.165, 1.54) is 30.5 Å². The van der Waals surface area contributed by atoms with Crippen molar-refractivity contribution >= 4 is 28.6 Å². The van der Waals surface area contributed by atoms with Crippen LogP contribution in [0.4, 0.5) is 24.9 Å². The first-order valence-electron chi connectivity index (χ1n) is 11.5. The molecular weight excluding hydrogens is 511 g/mol. The highest BCUT2D eigenvalue weighted by atomic mass is 19.4. The van der Waals surface area contributed by atoms with Gasteiger partial charge in [-0.25, -0.2) is 15.0 Å². The average molecular weight is 531 g/mol. The van der Waals surface area contributed by atoms with Gasteiger partial charge in [0.1, 0.15) is 17.3 Å². The molecule has 2 aromatic heterocycles. The van der Waals surface area contributed by atoms with Crippen molar-refractivity contribution in [1.29, 1.82) is 0 Å². The van der Waals surface area contributed by atoms with E-state index in [1.54, 1.807) is 31.2 Å². The first kappa shape index (κ1) is 25.5. The third-order valence-electron chi connectivity index (χ3n) is 6.14. The monoisotopic (exact) mass is 531 g/mol. The number of anilines is 2. The Kier molecular flexibility index (Phi) is 6.27. The van der Waals surface area contributed by atoms with Crippen LogP contribution in [-0.2, 0) is 6.18 Å². The molecule has 0 atom stereocenters. The molecule has 11 heteroatoms. The number of hydrogen-bond donors (Lipinski definition) is 4. The van der Waals surface area contributed by atoms with Crippen molar-refractivity contribution in [1.82, 2.24) is 15.0 Å². The molecule has 2 heterocycles. The fraction of sp³-hybridized carbons (Fsp3) is 0.0714. The van der Waals surface area contributed by atoms with Crippen LogP contribution in [0.15, 0.2) is 73.1 Å². The fourth-order valence-corrected chi connectivity index (χ4v) is 4.21. The van der Waals surface area contributed by atoms with E-state index in [0.717, 1.165) is 18.3 Å². The number of nitrogens with one attached hydrogen (secondary N) is 1. The minimum Gasteiger partial charge on any atom is -0.508 e. The summed E-state index contributed by atoms with van der Waals surface area (Å²) in [5.74, 6) is -1.04. The molecule has 0 radical (unpaired) electrons. The van der Waals surface area contributed by atoms with Gasteiger partial charge in [0.05, 0.1) is 16.6 Å². The van der Waals surface area contributed by atoms with Crippen molar-refractivity contribution in [3.05, 3.63) is 89.7 Å². The van der Waals surface area contributed by atoms with E-state index < -0.39 is 17.6 Å². The van der Waals surface area contributed by atoms with Crippen LogP contribution in [0, 0.1) is 6.92 Å². The number of aromatic hydroxyl groups is 2. The Hall–Kier alpha value is -5.19. The molecule has 0 aliphatic rings. The number of phenolic OH excluding ortho intramolecular Hbond substituents is 2. The Balaban J connectivity index is 1.61. The predicted molar refractivity (Wildman–Crippen MR) is 140 cm³/mol. The fourth-order valence-electron chi connectivity index (χ4n) is 4.21. The molecule has 0 fully saturated rings. The lowest BCUT2D eigenvalue weighted by Gasteiger charge is -2.16. The van der Waals surface area contributed by atoms with Crippen molar-refractivity contribution in [3.8, 4) is 33.8 Å². The number of halogens is 3. The lowest BCUT2D eigenvalue weighted by Crippen LogP contribution is -2.14. The number of benzene rings is 3. The largest absolute Gasteiger partial charge is 0.508 e. The quantitative estimate of drug-likeness (QED) is 0.226. The number of rotatable bonds is 4. The smallest absolute Gasteiger partial charge is 0.416 e. The number of hydrogen-bond acceptors (Lipinski definition) is 7. The number of nitrogen functional groups attached to an aromatic ring is 1. The Bertz CT molecular complexity index is 1740. The maximum atomic E-state index is 13.1. The Morgan fingerprint density at radius 2 is 1.69 bits per heavy atom. The summed E-state index contributed by atoms with van der Waals surface area (Å²) in [4.78, 5) is 25.1. The number of phenols is 2. The molecule has 5 aromatic rings. The van der Waals surface area contributed by atoms with Gasteiger partial charge in [0.25, 0.3) is 5.91 Å². The van der Waals surface area contributed by atoms with E-state index in [0.29, 0.717) is 38.7 Å². The van der Waals surface area contributed by atoms with Gasteiger partial charge in [-0.3, -0.25) is 4.79 Å². The second-order valence-corrected chi connectivity index (χ2v) is 8.77. The maximum absolute atomic E-state index is 13.1. The molecule has 5 N–H and O–H groups in total. The molecule has 0 saturated heterocycles. The molecule has 0 bridgehead atoms. The van der Waals surface area contributed by atoms with Crippen LogP contribution in [0.25, 0.3) is 33.2 Å². The summed E-state index contributed by atoms with van der Waals surface area (Å²) in [5, 5.41) is 24.2. The van der Waals surface area contributed by atoms with E-state index in [-0.39, 0.29) is 28.8 Å². The summed E-state index contributed by atoms with van der Waals surface area (Å²) in [6, 6.07) is 14.1. The molecule has 196 valence electrons. The van der Waals surface area contributed by atoms with Crippen LogP contribution in [0.2, 0.25) is 0 Å². The third kappa shape index (κ3) is 5.01. The van der Waals surface area contributed by atoms with Crippen molar-refractivity contribution in [2.45, 2.75) is 13.1 Å². The molecule has 39 heavy (non-hydrogen) atoms. The van der Waals surface area contributed by atoms with Crippen LogP contribution in [0.3, 0.4) is 0 Å². The van der Waals surface area contributed by atoms with Gasteiger partial charge in [-0.15, -0.1) is 0 Å². The van der Waals surface area contributed by atoms with Crippen molar-refractivity contribution in [2.75, 3.05) is 11.1 Å². The highest BCUT2D eigenvalue weighted by Crippen LogP contribution is 2.44. The summed E-state index contributed by atoms with van der Waals surface area (Å²) < 4.78 is 39.2. The summed E-state index contributed by atoms with van der Waals surface area (Å²) in [6.45, 7) is 1.79. The zero-order chi connectivity index (χ0) is 27.9. The lowest BCUT2D eigenvalue weighted by molar-refractivity contribution is -0.137. The molecule has 0 unspecified atom stereocenters. The van der Waals surface area contributed by atoms with E-state index >= 15 is 0 Å². The Morgan fingerprint density at radius 1 is 0.949 bits per heavy atom. The number of nitrogens with zero attached hydrogens (tertiary/aromatic N) is 3. The van der Waals surface area contributed by atoms with Gasteiger partial charge in [0.2, 0.25) is 5.95 Å². The number of aromatic nitrogens is 3. The van der Waals surface area contributed by atoms with Crippen LogP contribution >= 0.6 is 0 Å². The van der Waals surface area contributed by atoms with Gasteiger partial charge in [0, 0.05) is 28.9 Å². The van der Waals surface area contributed by atoms with E-state index in [4.69, 9.17) is 5.73 Å². The molecule has 0 saturated carbocycles. The van der Waals surface area contributed by atoms with Crippen molar-refractivity contribution in [2.24, 2.45) is 0 Å². The summed E-state index contributed by atoms with van der Waals surface area (Å²) in [6.07, 6.45) is -2.11. The standard InChI is InChI=1S/C28H20F3N5O3/c1-14-2-3-16(26(39)35-22-12-18(8-9-33-22)28(29,30)31)10-20(14)21-11-17-13-34-27(32)36-24(17)23(25(21)38)15-4-6-19(37)7-5-15/h2-13,37-38H,1H3,(H2,32,34,36)(H,33,35,39). The Morgan fingerprint density at radius 3 is 2.41 bits per heavy atom. The number of carbonyl (C=O) groups excluding carboxylic acids is 1. The van der Waals surface area contributed by atoms with Crippen molar-refractivity contribution < 1.29 is 28.2 Å². The molecule has 0 spiro atoms. The van der Waals surface area contributed by atoms with Crippen LogP contribution in [0.1, 0.15) is 21.5 Å². The van der Waals surface area contributed by atoms with Gasteiger partial charge < -0.3 is 21.3 Å². The number of pyridine rings is 1. The predicted octanol–water partition coefficient (Wildman–Crippen LogP) is 5.93. The highest BCUT2D eigenvalue weighted by Gasteiger charge is 2.31. The second-order valence-electron chi connectivity index (χ2n) is 8.77. The number of fused-ring (bicyclic) bond motifs is 1. The number of alkyl halides is 3. The first-order valence-corrected chi connectivity index (χ1v) is 11.5. The Labute approximate surface area is 219 Å². The van der Waals surface area contributed by atoms with Crippen LogP contribution < -0.4 is 11.1 Å². The zero-order valence-electron chi connectivity index (χ0n) is 20.3. The van der Waals surface area contributed by atoms with Gasteiger partial charge >= 0.3 is 6.18 Å². The molecule has 1 amide bonds. The molecule has 8 nitrogen and oxygen atoms in total. The second kappa shape index (κ2) is 9.60. The number of nitrogens with two attached hydrogens (primary N) is 1. The maximum Gasteiger partial charge on any atom is 0.416 e. The topological polar surface area (TPSA) is 134 Å². The number of amides is 1. The van der Waals surface area contributed by atoms with Crippen LogP contribution in [0.5, 0.6) is 11.5 Å². The molecule has 0 aliphatic carbocycles. The van der Waals surface area contributed by atoms with Crippen molar-refractivity contribution in [3.63, 3.8) is 0 Å². The van der Waals surface area contributed by atoms with Gasteiger partial charge in [-0.1, -0.05) is 18.2 Å². The van der Waals surface area contributed by atoms with E-state index in [9.17, 15) is 28.2 Å². The molecule has 5 rings (SSSR count). The van der Waals surface area contributed by atoms with E-state index in [1.807, 2.05) is 0 Å². The van der Waals surface area contributed by atoms with Crippen LogP contribution in [-0.4, -0.2) is 31.1 Å². The molecule has 3 aromatic carbocycles. The minimum absolute atomic E-state index is 0.00716. The van der Waals surface area contributed by atoms with Gasteiger partial charge in [-0.05, 0) is 66.1 Å². The third-order valence-corrected chi connectivity index (χ3v) is 6.14. The minimum atomic E-state index is -4.59. The SMILES string of the molecule is Cc1ccc(C(=O)Nc2cc(C(F)(F)F)ccn2)cc1-c1cc2cnc(N)nc2c(-c2ccc(O)cc2)c1O. The summed E-state index contributed by atoms with van der Waals surface area (Å²) >= 11 is 0. The normalized spacial score (nSPS) is 11.5. The summed E-state index contributed by atoms with van der Waals surface area (Å²) in [7, 11) is 0. The zero-order valence-corrected chi connectivity index (χ0v) is 20.3. The molecule has 0 aliphatic heterocycles. The highest BCUT2D eigenvalue weighted by molar-refractivity contribution is 6.06. The molecular formula is C28H20F3N5O3.